The van der Waals surface area contributed by atoms with Crippen LogP contribution >= 0.6 is 11.3 Å². The van der Waals surface area contributed by atoms with Crippen molar-refractivity contribution in [2.75, 3.05) is 26.2 Å². The lowest BCUT2D eigenvalue weighted by atomic mass is 9.96. The Labute approximate surface area is 117 Å². The van der Waals surface area contributed by atoms with E-state index in [0.717, 1.165) is 44.2 Å². The van der Waals surface area contributed by atoms with Gasteiger partial charge in [-0.2, -0.15) is 0 Å². The lowest BCUT2D eigenvalue weighted by molar-refractivity contribution is -0.380. The van der Waals surface area contributed by atoms with E-state index in [0.29, 0.717) is 0 Å². The Hall–Kier alpha value is -0.980. The highest BCUT2D eigenvalue weighted by Crippen LogP contribution is 2.25. The fraction of sp³-hybridized carbons (Fsp3) is 0.692. The van der Waals surface area contributed by atoms with E-state index in [-0.39, 0.29) is 9.92 Å². The molecule has 2 rings (SSSR count). The summed E-state index contributed by atoms with van der Waals surface area (Å²) >= 11 is 1.22. The number of nitro groups is 1. The van der Waals surface area contributed by atoms with Gasteiger partial charge < -0.3 is 5.32 Å². The predicted molar refractivity (Wildman–Crippen MR) is 77.5 cm³/mol. The fourth-order valence-corrected chi connectivity index (χ4v) is 3.22. The van der Waals surface area contributed by atoms with E-state index in [1.807, 2.05) is 5.38 Å². The molecule has 0 aliphatic carbocycles. The highest BCUT2D eigenvalue weighted by molar-refractivity contribution is 7.13. The predicted octanol–water partition coefficient (Wildman–Crippen LogP) is 2.48. The Balaban J connectivity index is 1.77. The molecule has 0 radical (unpaired) electrons. The van der Waals surface area contributed by atoms with E-state index in [4.69, 9.17) is 0 Å². The molecule has 6 heteroatoms. The third-order valence-corrected chi connectivity index (χ3v) is 4.55. The molecule has 1 saturated heterocycles. The maximum Gasteiger partial charge on any atom is 0.324 e. The van der Waals surface area contributed by atoms with Crippen LogP contribution in [0, 0.1) is 16.0 Å². The summed E-state index contributed by atoms with van der Waals surface area (Å²) in [4.78, 5) is 12.7. The van der Waals surface area contributed by atoms with Gasteiger partial charge in [0.15, 0.2) is 0 Å². The first-order valence-corrected chi connectivity index (χ1v) is 7.72. The SMILES string of the molecule is CCNCC1CCN(Cc2csc([N+](=O)[O-])c2)CC1. The normalized spacial score (nSPS) is 17.7. The first-order chi connectivity index (χ1) is 9.19. The maximum atomic E-state index is 10.6. The molecule has 0 spiro atoms. The van der Waals surface area contributed by atoms with Crippen molar-refractivity contribution in [2.24, 2.45) is 5.92 Å². The van der Waals surface area contributed by atoms with Crippen molar-refractivity contribution in [2.45, 2.75) is 26.3 Å². The summed E-state index contributed by atoms with van der Waals surface area (Å²) < 4.78 is 0. The molecule has 2 heterocycles. The second kappa shape index (κ2) is 6.98. The van der Waals surface area contributed by atoms with Crippen molar-refractivity contribution < 1.29 is 4.92 Å². The highest BCUT2D eigenvalue weighted by atomic mass is 32.1. The second-order valence-corrected chi connectivity index (χ2v) is 5.97. The molecule has 1 N–H and O–H groups in total. The van der Waals surface area contributed by atoms with Gasteiger partial charge in [-0.15, -0.1) is 0 Å². The fourth-order valence-electron chi connectivity index (χ4n) is 2.50. The van der Waals surface area contributed by atoms with Crippen LogP contribution in [0.3, 0.4) is 0 Å². The maximum absolute atomic E-state index is 10.6. The number of nitrogens with zero attached hydrogens (tertiary/aromatic N) is 2. The summed E-state index contributed by atoms with van der Waals surface area (Å²) in [5.41, 5.74) is 1.07. The number of piperidine rings is 1. The molecule has 1 aliphatic heterocycles. The number of rotatable bonds is 6. The standard InChI is InChI=1S/C13H21N3O2S/c1-2-14-8-11-3-5-15(6-4-11)9-12-7-13(16(17)18)19-10-12/h7,10-11,14H,2-6,8-9H2,1H3. The molecule has 0 saturated carbocycles. The molecule has 1 aromatic heterocycles. The first-order valence-electron chi connectivity index (χ1n) is 6.84. The zero-order valence-electron chi connectivity index (χ0n) is 11.3. The third-order valence-electron chi connectivity index (χ3n) is 3.62. The molecule has 1 aliphatic rings. The molecule has 1 fully saturated rings. The van der Waals surface area contributed by atoms with Gasteiger partial charge >= 0.3 is 5.00 Å². The van der Waals surface area contributed by atoms with Crippen LogP contribution in [0.25, 0.3) is 0 Å². The lowest BCUT2D eigenvalue weighted by Crippen LogP contribution is -2.36. The monoisotopic (exact) mass is 283 g/mol. The Morgan fingerprint density at radius 1 is 1.53 bits per heavy atom. The first kappa shape index (κ1) is 14.4. The molecule has 0 unspecified atom stereocenters. The number of hydrogen-bond acceptors (Lipinski definition) is 5. The van der Waals surface area contributed by atoms with Crippen molar-refractivity contribution in [3.8, 4) is 0 Å². The Morgan fingerprint density at radius 2 is 2.26 bits per heavy atom. The Kier molecular flexibility index (Phi) is 5.30. The molecule has 1 aromatic rings. The van der Waals surface area contributed by atoms with E-state index in [1.165, 1.54) is 24.2 Å². The van der Waals surface area contributed by atoms with E-state index >= 15 is 0 Å². The minimum Gasteiger partial charge on any atom is -0.317 e. The van der Waals surface area contributed by atoms with Crippen LogP contribution in [-0.2, 0) is 6.54 Å². The van der Waals surface area contributed by atoms with Gasteiger partial charge in [-0.05, 0) is 50.5 Å². The highest BCUT2D eigenvalue weighted by Gasteiger charge is 2.19. The zero-order chi connectivity index (χ0) is 13.7. The van der Waals surface area contributed by atoms with Crippen molar-refractivity contribution in [1.82, 2.24) is 10.2 Å². The molecule has 0 atom stereocenters. The molecule has 106 valence electrons. The molecule has 0 bridgehead atoms. The molecule has 0 amide bonds. The van der Waals surface area contributed by atoms with Gasteiger partial charge in [0.1, 0.15) is 0 Å². The smallest absolute Gasteiger partial charge is 0.317 e. The Morgan fingerprint density at radius 3 is 2.84 bits per heavy atom. The van der Waals surface area contributed by atoms with Crippen LogP contribution in [-0.4, -0.2) is 36.0 Å². The lowest BCUT2D eigenvalue weighted by Gasteiger charge is -2.31. The van der Waals surface area contributed by atoms with Crippen molar-refractivity contribution in [1.29, 1.82) is 0 Å². The second-order valence-electron chi connectivity index (χ2n) is 5.08. The quantitative estimate of drug-likeness (QED) is 0.643. The number of nitrogens with one attached hydrogen (secondary N) is 1. The number of likely N-dealkylation sites (tertiary alicyclic amines) is 1. The third kappa shape index (κ3) is 4.26. The molecule has 19 heavy (non-hydrogen) atoms. The summed E-state index contributed by atoms with van der Waals surface area (Å²) in [5.74, 6) is 0.785. The van der Waals surface area contributed by atoms with E-state index in [2.05, 4.69) is 17.1 Å². The summed E-state index contributed by atoms with van der Waals surface area (Å²) in [7, 11) is 0. The van der Waals surface area contributed by atoms with E-state index in [9.17, 15) is 10.1 Å². The van der Waals surface area contributed by atoms with Gasteiger partial charge in [-0.25, -0.2) is 0 Å². The van der Waals surface area contributed by atoms with Crippen LogP contribution in [0.4, 0.5) is 5.00 Å². The van der Waals surface area contributed by atoms with Crippen LogP contribution < -0.4 is 5.32 Å². The van der Waals surface area contributed by atoms with Gasteiger partial charge in [0.25, 0.3) is 0 Å². The van der Waals surface area contributed by atoms with Crippen molar-refractivity contribution >= 4 is 16.3 Å². The largest absolute Gasteiger partial charge is 0.324 e. The van der Waals surface area contributed by atoms with Crippen molar-refractivity contribution in [3.63, 3.8) is 0 Å². The zero-order valence-corrected chi connectivity index (χ0v) is 12.1. The summed E-state index contributed by atoms with van der Waals surface area (Å²) in [6.07, 6.45) is 2.44. The van der Waals surface area contributed by atoms with E-state index < -0.39 is 0 Å². The molecule has 5 nitrogen and oxygen atoms in total. The molecule has 0 aromatic carbocycles. The van der Waals surface area contributed by atoms with Crippen LogP contribution in [0.1, 0.15) is 25.3 Å². The van der Waals surface area contributed by atoms with Gasteiger partial charge in [-0.3, -0.25) is 15.0 Å². The van der Waals surface area contributed by atoms with Gasteiger partial charge in [-0.1, -0.05) is 18.3 Å². The number of hydrogen-bond donors (Lipinski definition) is 1. The van der Waals surface area contributed by atoms with Gasteiger partial charge in [0.05, 0.1) is 4.92 Å². The van der Waals surface area contributed by atoms with E-state index in [1.54, 1.807) is 6.07 Å². The molecular formula is C13H21N3O2S. The summed E-state index contributed by atoms with van der Waals surface area (Å²) in [6.45, 7) is 7.34. The summed E-state index contributed by atoms with van der Waals surface area (Å²) in [6, 6.07) is 1.70. The average Bonchev–Trinajstić information content (AvgIpc) is 2.87. The van der Waals surface area contributed by atoms with Crippen LogP contribution in [0.15, 0.2) is 11.4 Å². The van der Waals surface area contributed by atoms with Crippen molar-refractivity contribution in [3.05, 3.63) is 27.1 Å². The Bertz CT molecular complexity index is 414. The summed E-state index contributed by atoms with van der Waals surface area (Å²) in [5, 5.41) is 16.2. The minimum atomic E-state index is -0.309. The minimum absolute atomic E-state index is 0.247. The van der Waals surface area contributed by atoms with Gasteiger partial charge in [0.2, 0.25) is 0 Å². The van der Waals surface area contributed by atoms with Gasteiger partial charge in [0, 0.05) is 18.0 Å². The topological polar surface area (TPSA) is 58.4 Å². The van der Waals surface area contributed by atoms with Crippen LogP contribution in [0.2, 0.25) is 0 Å². The average molecular weight is 283 g/mol. The number of thiophene rings is 1. The van der Waals surface area contributed by atoms with Crippen LogP contribution in [0.5, 0.6) is 0 Å². The molecular weight excluding hydrogens is 262 g/mol.